The number of nitrogens with one attached hydrogen (secondary N) is 2. The van der Waals surface area contributed by atoms with Gasteiger partial charge in [-0.1, -0.05) is 37.6 Å². The highest BCUT2D eigenvalue weighted by Crippen LogP contribution is 2.27. The number of amides is 1. The first kappa shape index (κ1) is 14.6. The van der Waals surface area contributed by atoms with Gasteiger partial charge in [0.15, 0.2) is 0 Å². The number of fused-ring (bicyclic) bond motifs is 1. The minimum absolute atomic E-state index is 0.228. The van der Waals surface area contributed by atoms with Crippen LogP contribution in [0.3, 0.4) is 0 Å². The van der Waals surface area contributed by atoms with Crippen LogP contribution in [0.5, 0.6) is 0 Å². The quantitative estimate of drug-likeness (QED) is 0.893. The molecular weight excluding hydrogens is 260 g/mol. The normalized spacial score (nSPS) is 28.1. The summed E-state index contributed by atoms with van der Waals surface area (Å²) in [5.41, 5.74) is 2.55. The fraction of sp³-hybridized carbons (Fsp3) is 0.611. The van der Waals surface area contributed by atoms with E-state index in [0.717, 1.165) is 51.5 Å². The molecule has 1 aliphatic carbocycles. The van der Waals surface area contributed by atoms with E-state index in [9.17, 15) is 4.79 Å². The average molecular weight is 286 g/mol. The molecule has 1 aromatic rings. The van der Waals surface area contributed by atoms with Crippen LogP contribution in [-0.2, 0) is 17.6 Å². The maximum absolute atomic E-state index is 12.8. The summed E-state index contributed by atoms with van der Waals surface area (Å²) < 4.78 is 0. The van der Waals surface area contributed by atoms with Crippen LogP contribution in [0, 0.1) is 0 Å². The predicted octanol–water partition coefficient (Wildman–Crippen LogP) is 2.58. The van der Waals surface area contributed by atoms with Crippen LogP contribution in [0.1, 0.15) is 50.2 Å². The molecule has 0 saturated carbocycles. The largest absolute Gasteiger partial charge is 0.351 e. The number of hydrogen-bond acceptors (Lipinski definition) is 2. The van der Waals surface area contributed by atoms with Crippen LogP contribution < -0.4 is 10.6 Å². The van der Waals surface area contributed by atoms with E-state index in [1.54, 1.807) is 0 Å². The summed E-state index contributed by atoms with van der Waals surface area (Å²) in [5, 5.41) is 6.79. The smallest absolute Gasteiger partial charge is 0.240 e. The summed E-state index contributed by atoms with van der Waals surface area (Å²) in [6.45, 7) is 3.13. The van der Waals surface area contributed by atoms with Crippen molar-refractivity contribution in [3.63, 3.8) is 0 Å². The lowest BCUT2D eigenvalue weighted by atomic mass is 9.86. The van der Waals surface area contributed by atoms with Gasteiger partial charge in [0.05, 0.1) is 5.54 Å². The van der Waals surface area contributed by atoms with E-state index in [-0.39, 0.29) is 11.4 Å². The number of aryl methyl sites for hydroxylation is 1. The van der Waals surface area contributed by atoms with Gasteiger partial charge in [-0.05, 0) is 56.2 Å². The number of benzene rings is 1. The number of rotatable bonds is 4. The molecule has 1 aromatic carbocycles. The van der Waals surface area contributed by atoms with E-state index < -0.39 is 0 Å². The predicted molar refractivity (Wildman–Crippen MR) is 85.3 cm³/mol. The molecule has 3 heteroatoms. The van der Waals surface area contributed by atoms with Gasteiger partial charge in [0.25, 0.3) is 0 Å². The van der Waals surface area contributed by atoms with E-state index in [1.807, 2.05) is 0 Å². The van der Waals surface area contributed by atoms with Crippen molar-refractivity contribution in [2.24, 2.45) is 0 Å². The zero-order valence-corrected chi connectivity index (χ0v) is 13.0. The molecule has 0 radical (unpaired) electrons. The molecule has 0 spiro atoms. The molecule has 0 bridgehead atoms. The maximum Gasteiger partial charge on any atom is 0.240 e. The molecule has 1 aliphatic heterocycles. The molecule has 1 saturated heterocycles. The lowest BCUT2D eigenvalue weighted by Gasteiger charge is -2.32. The second kappa shape index (κ2) is 6.18. The first-order valence-electron chi connectivity index (χ1n) is 8.36. The van der Waals surface area contributed by atoms with Crippen LogP contribution in [-0.4, -0.2) is 24.0 Å². The Morgan fingerprint density at radius 3 is 2.90 bits per heavy atom. The molecule has 0 aromatic heterocycles. The number of carbonyl (C=O) groups is 1. The Bertz CT molecular complexity index is 506. The van der Waals surface area contributed by atoms with Crippen molar-refractivity contribution < 1.29 is 4.79 Å². The van der Waals surface area contributed by atoms with Crippen molar-refractivity contribution in [2.75, 3.05) is 6.54 Å². The van der Waals surface area contributed by atoms with Gasteiger partial charge in [-0.3, -0.25) is 4.79 Å². The van der Waals surface area contributed by atoms with Crippen molar-refractivity contribution in [3.8, 4) is 0 Å². The van der Waals surface area contributed by atoms with Gasteiger partial charge < -0.3 is 10.6 Å². The Morgan fingerprint density at radius 2 is 2.19 bits per heavy atom. The molecule has 2 aliphatic rings. The van der Waals surface area contributed by atoms with E-state index in [0.29, 0.717) is 6.04 Å². The molecule has 2 atom stereocenters. The highest BCUT2D eigenvalue weighted by molar-refractivity contribution is 5.87. The van der Waals surface area contributed by atoms with E-state index in [4.69, 9.17) is 0 Å². The van der Waals surface area contributed by atoms with Gasteiger partial charge in [0.2, 0.25) is 5.91 Å². The van der Waals surface area contributed by atoms with Crippen molar-refractivity contribution in [3.05, 3.63) is 35.4 Å². The third-order valence-corrected chi connectivity index (χ3v) is 5.04. The monoisotopic (exact) mass is 286 g/mol. The molecule has 2 N–H and O–H groups in total. The second-order valence-corrected chi connectivity index (χ2v) is 6.54. The average Bonchev–Trinajstić information content (AvgIpc) is 2.97. The number of hydrogen-bond donors (Lipinski definition) is 2. The van der Waals surface area contributed by atoms with Crippen LogP contribution in [0.2, 0.25) is 0 Å². The molecule has 1 fully saturated rings. The maximum atomic E-state index is 12.8. The first-order valence-corrected chi connectivity index (χ1v) is 8.36. The highest BCUT2D eigenvalue weighted by Gasteiger charge is 2.40. The SMILES string of the molecule is CCCC1(C(=O)NC2CCc3ccccc3C2)CCCN1. The Morgan fingerprint density at radius 1 is 1.38 bits per heavy atom. The fourth-order valence-electron chi connectivity index (χ4n) is 3.90. The summed E-state index contributed by atoms with van der Waals surface area (Å²) in [6.07, 6.45) is 7.21. The summed E-state index contributed by atoms with van der Waals surface area (Å²) in [5.74, 6) is 0.228. The fourth-order valence-corrected chi connectivity index (χ4v) is 3.90. The lowest BCUT2D eigenvalue weighted by molar-refractivity contribution is -0.128. The Labute approximate surface area is 127 Å². The van der Waals surface area contributed by atoms with Crippen molar-refractivity contribution >= 4 is 5.91 Å². The molecule has 3 rings (SSSR count). The Kier molecular flexibility index (Phi) is 4.29. The molecular formula is C18H26N2O. The first-order chi connectivity index (χ1) is 10.2. The van der Waals surface area contributed by atoms with Gasteiger partial charge in [-0.2, -0.15) is 0 Å². The molecule has 1 heterocycles. The Balaban J connectivity index is 1.65. The van der Waals surface area contributed by atoms with E-state index in [1.165, 1.54) is 11.1 Å². The third-order valence-electron chi connectivity index (χ3n) is 5.04. The summed E-state index contributed by atoms with van der Waals surface area (Å²) >= 11 is 0. The van der Waals surface area contributed by atoms with Crippen LogP contribution in [0.4, 0.5) is 0 Å². The van der Waals surface area contributed by atoms with Gasteiger partial charge >= 0.3 is 0 Å². The standard InChI is InChI=1S/C18H26N2O/c1-2-10-18(11-5-12-19-18)17(21)20-16-9-8-14-6-3-4-7-15(14)13-16/h3-4,6-7,16,19H,2,5,8-13H2,1H3,(H,20,21). The van der Waals surface area contributed by atoms with Crippen molar-refractivity contribution in [1.29, 1.82) is 0 Å². The molecule has 2 unspecified atom stereocenters. The van der Waals surface area contributed by atoms with E-state index in [2.05, 4.69) is 41.8 Å². The molecule has 1 amide bonds. The minimum Gasteiger partial charge on any atom is -0.351 e. The van der Waals surface area contributed by atoms with Gasteiger partial charge in [0.1, 0.15) is 0 Å². The van der Waals surface area contributed by atoms with Gasteiger partial charge in [-0.15, -0.1) is 0 Å². The van der Waals surface area contributed by atoms with Gasteiger partial charge in [0, 0.05) is 6.04 Å². The van der Waals surface area contributed by atoms with Crippen LogP contribution in [0.25, 0.3) is 0 Å². The van der Waals surface area contributed by atoms with E-state index >= 15 is 0 Å². The summed E-state index contributed by atoms with van der Waals surface area (Å²) in [4.78, 5) is 12.8. The molecule has 3 nitrogen and oxygen atoms in total. The second-order valence-electron chi connectivity index (χ2n) is 6.54. The van der Waals surface area contributed by atoms with Crippen molar-refractivity contribution in [2.45, 2.75) is 63.5 Å². The zero-order chi connectivity index (χ0) is 14.7. The summed E-state index contributed by atoms with van der Waals surface area (Å²) in [7, 11) is 0. The molecule has 21 heavy (non-hydrogen) atoms. The number of carbonyl (C=O) groups excluding carboxylic acids is 1. The van der Waals surface area contributed by atoms with Crippen LogP contribution >= 0.6 is 0 Å². The van der Waals surface area contributed by atoms with Crippen molar-refractivity contribution in [1.82, 2.24) is 10.6 Å². The zero-order valence-electron chi connectivity index (χ0n) is 13.0. The Hall–Kier alpha value is -1.35. The van der Waals surface area contributed by atoms with Crippen LogP contribution in [0.15, 0.2) is 24.3 Å². The van der Waals surface area contributed by atoms with Gasteiger partial charge in [-0.25, -0.2) is 0 Å². The highest BCUT2D eigenvalue weighted by atomic mass is 16.2. The third kappa shape index (κ3) is 2.98. The summed E-state index contributed by atoms with van der Waals surface area (Å²) in [6, 6.07) is 8.91. The lowest BCUT2D eigenvalue weighted by Crippen LogP contribution is -2.56. The minimum atomic E-state index is -0.300. The topological polar surface area (TPSA) is 41.1 Å². The molecule has 114 valence electrons.